The number of nitrogens with zero attached hydrogens (tertiary/aromatic N) is 3. The van der Waals surface area contributed by atoms with Crippen LogP contribution in [0.2, 0.25) is 0 Å². The van der Waals surface area contributed by atoms with Crippen molar-refractivity contribution in [1.29, 1.82) is 0 Å². The number of nitrogens with two attached hydrogens (primary N) is 1. The summed E-state index contributed by atoms with van der Waals surface area (Å²) in [7, 11) is 0. The Labute approximate surface area is 151 Å². The van der Waals surface area contributed by atoms with Gasteiger partial charge in [0.25, 0.3) is 5.91 Å². The molecule has 2 heterocycles. The largest absolute Gasteiger partial charge is 0.349 e. The van der Waals surface area contributed by atoms with Gasteiger partial charge in [0.1, 0.15) is 5.82 Å². The van der Waals surface area contributed by atoms with E-state index in [1.165, 1.54) is 24.3 Å². The first-order valence-corrected chi connectivity index (χ1v) is 7.94. The third-order valence-corrected chi connectivity index (χ3v) is 4.08. The summed E-state index contributed by atoms with van der Waals surface area (Å²) in [6.45, 7) is 2.52. The molecule has 9 heteroatoms. The molecular weight excluding hydrogens is 349 g/mol. The van der Waals surface area contributed by atoms with Gasteiger partial charge in [-0.1, -0.05) is 5.16 Å². The second-order valence-electron chi connectivity index (χ2n) is 5.84. The first-order chi connectivity index (χ1) is 11.6. The molecule has 7 nitrogen and oxygen atoms in total. The molecular formula is C16H21ClFN5O2. The molecule has 1 saturated heterocycles. The lowest BCUT2D eigenvalue weighted by Gasteiger charge is -2.31. The van der Waals surface area contributed by atoms with Crippen molar-refractivity contribution in [2.75, 3.05) is 13.1 Å². The Morgan fingerprint density at radius 3 is 2.60 bits per heavy atom. The van der Waals surface area contributed by atoms with Crippen LogP contribution in [0.1, 0.15) is 34.9 Å². The van der Waals surface area contributed by atoms with E-state index in [1.54, 1.807) is 0 Å². The summed E-state index contributed by atoms with van der Waals surface area (Å²) < 4.78 is 17.9. The number of piperidine rings is 1. The van der Waals surface area contributed by atoms with Gasteiger partial charge >= 0.3 is 0 Å². The second-order valence-corrected chi connectivity index (χ2v) is 5.84. The number of benzene rings is 1. The fourth-order valence-corrected chi connectivity index (χ4v) is 2.74. The number of carbonyl (C=O) groups excluding carboxylic acids is 1. The van der Waals surface area contributed by atoms with Crippen LogP contribution in [0.5, 0.6) is 0 Å². The smallest absolute Gasteiger partial charge is 0.251 e. The fraction of sp³-hybridized carbons (Fsp3) is 0.438. The van der Waals surface area contributed by atoms with E-state index in [0.29, 0.717) is 23.8 Å². The molecule has 0 unspecified atom stereocenters. The Balaban J connectivity index is 0.00000225. The van der Waals surface area contributed by atoms with Crippen molar-refractivity contribution in [2.24, 2.45) is 5.73 Å². The number of rotatable bonds is 5. The molecule has 25 heavy (non-hydrogen) atoms. The van der Waals surface area contributed by atoms with Crippen molar-refractivity contribution in [1.82, 2.24) is 20.4 Å². The average Bonchev–Trinajstić information content (AvgIpc) is 3.05. The van der Waals surface area contributed by atoms with Crippen molar-refractivity contribution < 1.29 is 13.7 Å². The summed E-state index contributed by atoms with van der Waals surface area (Å²) >= 11 is 0. The van der Waals surface area contributed by atoms with Gasteiger partial charge in [0.05, 0.1) is 13.1 Å². The highest BCUT2D eigenvalue weighted by Gasteiger charge is 2.22. The number of aromatic nitrogens is 2. The number of carbonyl (C=O) groups is 1. The van der Waals surface area contributed by atoms with E-state index in [2.05, 4.69) is 20.4 Å². The summed E-state index contributed by atoms with van der Waals surface area (Å²) in [6, 6.07) is 5.68. The SMILES string of the molecule is Cl.NCc1nc(CN2CCC(NC(=O)c3ccc(F)cc3)CC2)no1. The molecule has 1 aromatic carbocycles. The predicted octanol–water partition coefficient (Wildman–Crippen LogP) is 1.48. The number of amides is 1. The molecule has 1 amide bonds. The Hall–Kier alpha value is -2.03. The maximum Gasteiger partial charge on any atom is 0.251 e. The molecule has 3 N–H and O–H groups in total. The monoisotopic (exact) mass is 369 g/mol. The lowest BCUT2D eigenvalue weighted by Crippen LogP contribution is -2.44. The predicted molar refractivity (Wildman–Crippen MR) is 91.6 cm³/mol. The molecule has 136 valence electrons. The van der Waals surface area contributed by atoms with Crippen molar-refractivity contribution >= 4 is 18.3 Å². The van der Waals surface area contributed by atoms with Crippen molar-refractivity contribution in [2.45, 2.75) is 32.0 Å². The van der Waals surface area contributed by atoms with E-state index in [9.17, 15) is 9.18 Å². The maximum absolute atomic E-state index is 12.9. The summed E-state index contributed by atoms with van der Waals surface area (Å²) in [5, 5.41) is 6.89. The summed E-state index contributed by atoms with van der Waals surface area (Å²) in [5.74, 6) is 0.550. The molecule has 1 fully saturated rings. The topological polar surface area (TPSA) is 97.3 Å². The number of halogens is 2. The van der Waals surface area contributed by atoms with Crippen molar-refractivity contribution in [3.8, 4) is 0 Å². The highest BCUT2D eigenvalue weighted by atomic mass is 35.5. The van der Waals surface area contributed by atoms with Gasteiger partial charge < -0.3 is 15.6 Å². The first-order valence-electron chi connectivity index (χ1n) is 7.94. The minimum Gasteiger partial charge on any atom is -0.349 e. The highest BCUT2D eigenvalue weighted by Crippen LogP contribution is 2.14. The van der Waals surface area contributed by atoms with E-state index in [4.69, 9.17) is 10.3 Å². The van der Waals surface area contributed by atoms with Gasteiger partial charge in [0.15, 0.2) is 5.82 Å². The zero-order valence-corrected chi connectivity index (χ0v) is 14.5. The Kier molecular flexibility index (Phi) is 6.86. The van der Waals surface area contributed by atoms with Gasteiger partial charge in [-0.2, -0.15) is 4.98 Å². The van der Waals surface area contributed by atoms with E-state index in [0.717, 1.165) is 25.9 Å². The minimum absolute atomic E-state index is 0. The summed E-state index contributed by atoms with van der Waals surface area (Å²) in [6.07, 6.45) is 1.68. The molecule has 1 aliphatic rings. The van der Waals surface area contributed by atoms with Crippen LogP contribution in [0.4, 0.5) is 4.39 Å². The molecule has 0 radical (unpaired) electrons. The summed E-state index contributed by atoms with van der Waals surface area (Å²) in [4.78, 5) is 18.5. The Morgan fingerprint density at radius 2 is 2.00 bits per heavy atom. The normalized spacial score (nSPS) is 15.6. The fourth-order valence-electron chi connectivity index (χ4n) is 2.74. The summed E-state index contributed by atoms with van der Waals surface area (Å²) in [5.41, 5.74) is 5.92. The van der Waals surface area contributed by atoms with Crippen LogP contribution >= 0.6 is 12.4 Å². The quantitative estimate of drug-likeness (QED) is 0.828. The minimum atomic E-state index is -0.348. The zero-order valence-electron chi connectivity index (χ0n) is 13.7. The standard InChI is InChI=1S/C16H20FN5O2.ClH/c17-12-3-1-11(2-4-12)16(23)19-13-5-7-22(8-6-13)10-14-20-15(9-18)24-21-14;/h1-4,13H,5-10,18H2,(H,19,23);1H. The number of hydrogen-bond donors (Lipinski definition) is 2. The number of nitrogens with one attached hydrogen (secondary N) is 1. The second kappa shape index (κ2) is 8.89. The Bertz CT molecular complexity index is 686. The highest BCUT2D eigenvalue weighted by molar-refractivity contribution is 5.94. The number of hydrogen-bond acceptors (Lipinski definition) is 6. The van der Waals surface area contributed by atoms with Gasteiger partial charge in [-0.3, -0.25) is 9.69 Å². The van der Waals surface area contributed by atoms with Crippen LogP contribution in [0.3, 0.4) is 0 Å². The van der Waals surface area contributed by atoms with Crippen molar-refractivity contribution in [3.05, 3.63) is 47.4 Å². The zero-order chi connectivity index (χ0) is 16.9. The van der Waals surface area contributed by atoms with Crippen LogP contribution in [0.25, 0.3) is 0 Å². The molecule has 0 atom stereocenters. The van der Waals surface area contributed by atoms with E-state index in [-0.39, 0.29) is 36.7 Å². The Morgan fingerprint density at radius 1 is 1.32 bits per heavy atom. The molecule has 1 aliphatic heterocycles. The van der Waals surface area contributed by atoms with Gasteiger partial charge in [-0.25, -0.2) is 4.39 Å². The third kappa shape index (κ3) is 5.22. The van der Waals surface area contributed by atoms with Crippen LogP contribution in [-0.2, 0) is 13.1 Å². The van der Waals surface area contributed by atoms with Crippen LogP contribution in [0.15, 0.2) is 28.8 Å². The molecule has 0 bridgehead atoms. The van der Waals surface area contributed by atoms with Gasteiger partial charge in [-0.05, 0) is 37.1 Å². The third-order valence-electron chi connectivity index (χ3n) is 4.08. The van der Waals surface area contributed by atoms with E-state index >= 15 is 0 Å². The van der Waals surface area contributed by atoms with Gasteiger partial charge in [0.2, 0.25) is 5.89 Å². The van der Waals surface area contributed by atoms with Gasteiger partial charge in [-0.15, -0.1) is 12.4 Å². The maximum atomic E-state index is 12.9. The van der Waals surface area contributed by atoms with Crippen LogP contribution < -0.4 is 11.1 Å². The first kappa shape index (κ1) is 19.3. The molecule has 0 aliphatic carbocycles. The average molecular weight is 370 g/mol. The lowest BCUT2D eigenvalue weighted by atomic mass is 10.0. The molecule has 1 aromatic heterocycles. The van der Waals surface area contributed by atoms with Crippen LogP contribution in [0, 0.1) is 5.82 Å². The lowest BCUT2D eigenvalue weighted by molar-refractivity contribution is 0.0908. The van der Waals surface area contributed by atoms with E-state index in [1.807, 2.05) is 0 Å². The van der Waals surface area contributed by atoms with Gasteiger partial charge in [0, 0.05) is 24.7 Å². The molecule has 0 spiro atoms. The van der Waals surface area contributed by atoms with Crippen molar-refractivity contribution in [3.63, 3.8) is 0 Å². The number of likely N-dealkylation sites (tertiary alicyclic amines) is 1. The molecule has 2 aromatic rings. The van der Waals surface area contributed by atoms with E-state index < -0.39 is 0 Å². The molecule has 0 saturated carbocycles. The van der Waals surface area contributed by atoms with Crippen LogP contribution in [-0.4, -0.2) is 40.1 Å². The molecule has 3 rings (SSSR count).